The lowest BCUT2D eigenvalue weighted by atomic mass is 10.0. The minimum atomic E-state index is -5.21. The molecule has 0 saturated heterocycles. The maximum atomic E-state index is 11.1. The van der Waals surface area contributed by atoms with Gasteiger partial charge < -0.3 is 37.6 Å². The molecule has 11 heteroatoms. The van der Waals surface area contributed by atoms with Gasteiger partial charge in [-0.2, -0.15) is 0 Å². The predicted octanol–water partition coefficient (Wildman–Crippen LogP) is 2.68. The number of thioether (sulfide) groups is 1. The molecule has 1 aliphatic rings. The number of rotatable bonds is 6. The Morgan fingerprint density at radius 1 is 1.14 bits per heavy atom. The van der Waals surface area contributed by atoms with Crippen LogP contribution in [0.15, 0.2) is 45.9 Å². The minimum absolute atomic E-state index is 0.0567. The highest BCUT2D eigenvalue weighted by Crippen LogP contribution is 2.46. The lowest BCUT2D eigenvalue weighted by Gasteiger charge is -2.30. The molecular weight excluding hydrogens is 421 g/mol. The molecule has 0 N–H and O–H groups in total. The van der Waals surface area contributed by atoms with E-state index in [1.807, 2.05) is 0 Å². The number of phosphoric acid groups is 1. The van der Waals surface area contributed by atoms with Gasteiger partial charge in [0.2, 0.25) is 12.5 Å². The van der Waals surface area contributed by atoms with Crippen LogP contribution in [0.1, 0.15) is 0 Å². The first-order valence-corrected chi connectivity index (χ1v) is 10.9. The molecule has 2 heterocycles. The quantitative estimate of drug-likeness (QED) is 0.421. The molecule has 152 valence electrons. The van der Waals surface area contributed by atoms with Gasteiger partial charge in [-0.1, -0.05) is 11.2 Å². The van der Waals surface area contributed by atoms with Crippen molar-refractivity contribution in [3.8, 4) is 45.4 Å². The van der Waals surface area contributed by atoms with Gasteiger partial charge in [0.25, 0.3) is 0 Å². The maximum absolute atomic E-state index is 11.1. The third-order valence-electron chi connectivity index (χ3n) is 4.18. The highest BCUT2D eigenvalue weighted by Gasteiger charge is 2.23. The zero-order valence-electron chi connectivity index (χ0n) is 15.2. The van der Waals surface area contributed by atoms with E-state index in [0.717, 1.165) is 0 Å². The number of phosphoric ester groups is 1. The second-order valence-corrected chi connectivity index (χ2v) is 7.81. The average molecular weight is 435 g/mol. The Labute approximate surface area is 169 Å². The summed E-state index contributed by atoms with van der Waals surface area (Å²) in [6.07, 6.45) is 3.23. The van der Waals surface area contributed by atoms with Gasteiger partial charge in [0.05, 0.1) is 13.3 Å². The SMILES string of the molecule is COc1cc(-c2oncc2-c2ccc(SC)c(OP(=O)([O-])[O-])c2)cc2c1OCO2. The van der Waals surface area contributed by atoms with E-state index >= 15 is 0 Å². The standard InChI is InChI=1S/C18H16NO8PS/c1-23-14-6-11(7-15-18(14)25-9-24-15)17-12(8-19-26-17)10-3-4-16(29-2)13(5-10)27-28(20,21)22/h3-8H,9H2,1-2H3,(H2,20,21,22)/p-2. The Kier molecular flexibility index (Phi) is 5.18. The van der Waals surface area contributed by atoms with E-state index in [1.165, 1.54) is 31.1 Å². The van der Waals surface area contributed by atoms with Crippen molar-refractivity contribution in [3.63, 3.8) is 0 Å². The zero-order valence-corrected chi connectivity index (χ0v) is 17.0. The van der Waals surface area contributed by atoms with Gasteiger partial charge in [0.15, 0.2) is 17.3 Å². The fourth-order valence-electron chi connectivity index (χ4n) is 2.95. The number of ether oxygens (including phenoxy) is 3. The lowest BCUT2D eigenvalue weighted by Crippen LogP contribution is -2.18. The smallest absolute Gasteiger partial charge is 0.231 e. The van der Waals surface area contributed by atoms with Crippen LogP contribution in [0.25, 0.3) is 22.5 Å². The first-order chi connectivity index (χ1) is 13.9. The van der Waals surface area contributed by atoms with Crippen molar-refractivity contribution in [2.75, 3.05) is 20.2 Å². The lowest BCUT2D eigenvalue weighted by molar-refractivity contribution is -0.333. The van der Waals surface area contributed by atoms with E-state index in [-0.39, 0.29) is 12.5 Å². The Morgan fingerprint density at radius 2 is 1.93 bits per heavy atom. The molecule has 9 nitrogen and oxygen atoms in total. The molecule has 1 aliphatic heterocycles. The molecule has 1 aromatic heterocycles. The summed E-state index contributed by atoms with van der Waals surface area (Å²) in [6.45, 7) is 0.0830. The fraction of sp³-hybridized carbons (Fsp3) is 0.167. The van der Waals surface area contributed by atoms with Crippen LogP contribution in [0, 0.1) is 0 Å². The monoisotopic (exact) mass is 435 g/mol. The number of methoxy groups -OCH3 is 1. The van der Waals surface area contributed by atoms with Gasteiger partial charge in [-0.05, 0) is 36.1 Å². The number of benzene rings is 2. The molecule has 0 bridgehead atoms. The second kappa shape index (κ2) is 7.64. The van der Waals surface area contributed by atoms with Gasteiger partial charge in [-0.15, -0.1) is 11.8 Å². The summed E-state index contributed by atoms with van der Waals surface area (Å²) in [5.41, 5.74) is 1.74. The van der Waals surface area contributed by atoms with Gasteiger partial charge in [-0.3, -0.25) is 0 Å². The van der Waals surface area contributed by atoms with E-state index in [2.05, 4.69) is 9.68 Å². The van der Waals surface area contributed by atoms with Crippen molar-refractivity contribution >= 4 is 19.6 Å². The molecular formula is C18H14NO8PS-2. The van der Waals surface area contributed by atoms with Crippen molar-refractivity contribution in [1.29, 1.82) is 0 Å². The van der Waals surface area contributed by atoms with Crippen LogP contribution in [0.2, 0.25) is 0 Å². The van der Waals surface area contributed by atoms with E-state index < -0.39 is 7.82 Å². The number of nitrogens with zero attached hydrogens (tertiary/aromatic N) is 1. The first kappa shape index (κ1) is 19.7. The fourth-order valence-corrected chi connectivity index (χ4v) is 3.91. The molecule has 3 aromatic rings. The maximum Gasteiger partial charge on any atom is 0.231 e. The Balaban J connectivity index is 1.80. The molecule has 0 atom stereocenters. The summed E-state index contributed by atoms with van der Waals surface area (Å²) in [6, 6.07) is 8.30. The number of hydrogen-bond donors (Lipinski definition) is 0. The largest absolute Gasteiger partial charge is 0.780 e. The van der Waals surface area contributed by atoms with Gasteiger partial charge in [-0.25, -0.2) is 0 Å². The van der Waals surface area contributed by atoms with Crippen molar-refractivity contribution in [3.05, 3.63) is 36.5 Å². The number of fused-ring (bicyclic) bond motifs is 1. The minimum Gasteiger partial charge on any atom is -0.780 e. The van der Waals surface area contributed by atoms with Crippen LogP contribution >= 0.6 is 19.6 Å². The Bertz CT molecular complexity index is 1110. The average Bonchev–Trinajstić information content (AvgIpc) is 3.35. The summed E-state index contributed by atoms with van der Waals surface area (Å²) < 4.78 is 37.4. The topological polar surface area (TPSA) is 126 Å². The van der Waals surface area contributed by atoms with Crippen LogP contribution in [0.3, 0.4) is 0 Å². The number of hydrogen-bond acceptors (Lipinski definition) is 10. The highest BCUT2D eigenvalue weighted by molar-refractivity contribution is 7.98. The van der Waals surface area contributed by atoms with Gasteiger partial charge in [0.1, 0.15) is 13.6 Å². The molecule has 2 aromatic carbocycles. The third kappa shape index (κ3) is 3.92. The summed E-state index contributed by atoms with van der Waals surface area (Å²) in [4.78, 5) is 22.7. The molecule has 0 fully saturated rings. The molecule has 0 saturated carbocycles. The van der Waals surface area contributed by atoms with Gasteiger partial charge >= 0.3 is 0 Å². The third-order valence-corrected chi connectivity index (χ3v) is 5.37. The first-order valence-electron chi connectivity index (χ1n) is 8.22. The summed E-state index contributed by atoms with van der Waals surface area (Å²) in [5, 5.41) is 3.86. The molecule has 0 spiro atoms. The van der Waals surface area contributed by atoms with E-state index in [4.69, 9.17) is 18.7 Å². The zero-order chi connectivity index (χ0) is 20.6. The van der Waals surface area contributed by atoms with Crippen LogP contribution in [-0.4, -0.2) is 25.3 Å². The Morgan fingerprint density at radius 3 is 2.66 bits per heavy atom. The Hall–Kier alpha value is -2.65. The van der Waals surface area contributed by atoms with Crippen LogP contribution in [0.5, 0.6) is 23.0 Å². The normalized spacial score (nSPS) is 12.8. The molecule has 4 rings (SSSR count). The highest BCUT2D eigenvalue weighted by atomic mass is 32.2. The van der Waals surface area contributed by atoms with E-state index in [9.17, 15) is 14.4 Å². The summed E-state index contributed by atoms with van der Waals surface area (Å²) in [5.74, 6) is 1.81. The second-order valence-electron chi connectivity index (χ2n) is 5.89. The van der Waals surface area contributed by atoms with Gasteiger partial charge in [0, 0.05) is 16.0 Å². The van der Waals surface area contributed by atoms with Crippen molar-refractivity contribution in [2.24, 2.45) is 0 Å². The molecule has 0 radical (unpaired) electrons. The van der Waals surface area contributed by atoms with E-state index in [1.54, 1.807) is 30.5 Å². The predicted molar refractivity (Wildman–Crippen MR) is 100 cm³/mol. The van der Waals surface area contributed by atoms with E-state index in [0.29, 0.717) is 44.6 Å². The van der Waals surface area contributed by atoms with Crippen molar-refractivity contribution < 1.29 is 37.6 Å². The molecule has 0 aliphatic carbocycles. The number of aromatic nitrogens is 1. The van der Waals surface area contributed by atoms with Crippen molar-refractivity contribution in [2.45, 2.75) is 4.90 Å². The van der Waals surface area contributed by atoms with Crippen LogP contribution < -0.4 is 28.5 Å². The molecule has 0 unspecified atom stereocenters. The summed E-state index contributed by atoms with van der Waals surface area (Å²) in [7, 11) is -3.70. The summed E-state index contributed by atoms with van der Waals surface area (Å²) >= 11 is 1.25. The molecule has 0 amide bonds. The van der Waals surface area contributed by atoms with Crippen LogP contribution in [0.4, 0.5) is 0 Å². The van der Waals surface area contributed by atoms with Crippen molar-refractivity contribution in [1.82, 2.24) is 5.16 Å². The molecule has 29 heavy (non-hydrogen) atoms. The van der Waals surface area contributed by atoms with Crippen LogP contribution in [-0.2, 0) is 4.57 Å².